The molecule has 8 heteroatoms. The molecule has 0 bridgehead atoms. The average molecular weight is 330 g/mol. The fraction of sp³-hybridized carbons (Fsp3) is 0.333. The smallest absolute Gasteiger partial charge is 0.220 e. The molecule has 0 aliphatic rings. The van der Waals surface area contributed by atoms with Crippen molar-refractivity contribution in [3.63, 3.8) is 0 Å². The summed E-state index contributed by atoms with van der Waals surface area (Å²) in [6.45, 7) is 0.601. The van der Waals surface area contributed by atoms with Crippen molar-refractivity contribution in [1.82, 2.24) is 30.5 Å². The molecule has 0 atom stereocenters. The van der Waals surface area contributed by atoms with Crippen molar-refractivity contribution in [1.29, 1.82) is 0 Å². The number of para-hydroxylation sites is 1. The molecular formula is C15H18N6OS. The molecule has 2 N–H and O–H groups in total. The van der Waals surface area contributed by atoms with E-state index in [-0.39, 0.29) is 5.91 Å². The van der Waals surface area contributed by atoms with Gasteiger partial charge < -0.3 is 10.3 Å². The van der Waals surface area contributed by atoms with Crippen molar-refractivity contribution in [2.75, 3.05) is 12.3 Å². The fourth-order valence-corrected chi connectivity index (χ4v) is 3.06. The molecule has 0 spiro atoms. The fourth-order valence-electron chi connectivity index (χ4n) is 2.35. The summed E-state index contributed by atoms with van der Waals surface area (Å²) in [6, 6.07) is 8.13. The zero-order valence-electron chi connectivity index (χ0n) is 12.8. The second-order valence-corrected chi connectivity index (χ2v) is 6.21. The number of benzene rings is 1. The van der Waals surface area contributed by atoms with Crippen LogP contribution in [0.5, 0.6) is 0 Å². The van der Waals surface area contributed by atoms with Crippen LogP contribution in [0, 0.1) is 0 Å². The number of rotatable bonds is 7. The Morgan fingerprint density at radius 2 is 2.26 bits per heavy atom. The van der Waals surface area contributed by atoms with Gasteiger partial charge in [0, 0.05) is 42.9 Å². The lowest BCUT2D eigenvalue weighted by Gasteiger charge is -2.04. The summed E-state index contributed by atoms with van der Waals surface area (Å²) in [5, 5.41) is 16.1. The van der Waals surface area contributed by atoms with Crippen molar-refractivity contribution in [2.45, 2.75) is 18.0 Å². The Morgan fingerprint density at radius 3 is 3.09 bits per heavy atom. The number of hydrogen-bond acceptors (Lipinski definition) is 5. The zero-order chi connectivity index (χ0) is 16.1. The van der Waals surface area contributed by atoms with Gasteiger partial charge in [-0.25, -0.2) is 4.68 Å². The number of aromatic amines is 1. The second-order valence-electron chi connectivity index (χ2n) is 5.14. The average Bonchev–Trinajstić information content (AvgIpc) is 3.16. The number of thioether (sulfide) groups is 1. The molecule has 3 rings (SSSR count). The van der Waals surface area contributed by atoms with Gasteiger partial charge in [0.25, 0.3) is 0 Å². The Bertz CT molecular complexity index is 796. The van der Waals surface area contributed by atoms with E-state index in [0.717, 1.165) is 22.8 Å². The Kier molecular flexibility index (Phi) is 4.92. The number of amides is 1. The standard InChI is InChI=1S/C15H18N6OS/c1-21-15(18-19-20-21)23-9-8-16-14(22)7-6-11-10-17-13-5-3-2-4-12(11)13/h2-5,10,17H,6-9H2,1H3,(H,16,22). The lowest BCUT2D eigenvalue weighted by molar-refractivity contribution is -0.120. The molecule has 0 radical (unpaired) electrons. The molecule has 0 aliphatic carbocycles. The van der Waals surface area contributed by atoms with Crippen molar-refractivity contribution < 1.29 is 4.79 Å². The highest BCUT2D eigenvalue weighted by Gasteiger charge is 2.07. The summed E-state index contributed by atoms with van der Waals surface area (Å²) in [7, 11) is 1.79. The first-order valence-corrected chi connectivity index (χ1v) is 8.39. The van der Waals surface area contributed by atoms with Crippen molar-refractivity contribution in [3.05, 3.63) is 36.0 Å². The third kappa shape index (κ3) is 3.89. The minimum absolute atomic E-state index is 0.0620. The number of fused-ring (bicyclic) bond motifs is 1. The number of aryl methyl sites for hydroxylation is 2. The largest absolute Gasteiger partial charge is 0.361 e. The van der Waals surface area contributed by atoms with Crippen LogP contribution in [0.1, 0.15) is 12.0 Å². The molecule has 0 fully saturated rings. The van der Waals surface area contributed by atoms with Crippen molar-refractivity contribution in [2.24, 2.45) is 7.05 Å². The first-order valence-electron chi connectivity index (χ1n) is 7.41. The Morgan fingerprint density at radius 1 is 1.39 bits per heavy atom. The molecule has 120 valence electrons. The van der Waals surface area contributed by atoms with Crippen LogP contribution in [-0.2, 0) is 18.3 Å². The Balaban J connectivity index is 1.40. The van der Waals surface area contributed by atoms with Crippen LogP contribution in [0.2, 0.25) is 0 Å². The van der Waals surface area contributed by atoms with Crippen LogP contribution < -0.4 is 5.32 Å². The van der Waals surface area contributed by atoms with Gasteiger partial charge in [0.15, 0.2) is 0 Å². The summed E-state index contributed by atoms with van der Waals surface area (Å²) in [4.78, 5) is 15.2. The normalized spacial score (nSPS) is 11.0. The van der Waals surface area contributed by atoms with Crippen LogP contribution in [0.25, 0.3) is 10.9 Å². The van der Waals surface area contributed by atoms with Gasteiger partial charge in [0.05, 0.1) is 0 Å². The number of nitrogens with zero attached hydrogens (tertiary/aromatic N) is 4. The van der Waals surface area contributed by atoms with E-state index in [9.17, 15) is 4.79 Å². The van der Waals surface area contributed by atoms with Crippen molar-refractivity contribution in [3.8, 4) is 0 Å². The summed E-state index contributed by atoms with van der Waals surface area (Å²) in [5.74, 6) is 0.805. The molecule has 0 saturated heterocycles. The predicted molar refractivity (Wildman–Crippen MR) is 89.2 cm³/mol. The minimum Gasteiger partial charge on any atom is -0.361 e. The topological polar surface area (TPSA) is 88.5 Å². The highest BCUT2D eigenvalue weighted by molar-refractivity contribution is 7.99. The number of carbonyl (C=O) groups is 1. The zero-order valence-corrected chi connectivity index (χ0v) is 13.6. The monoisotopic (exact) mass is 330 g/mol. The molecule has 0 saturated carbocycles. The van der Waals surface area contributed by atoms with Gasteiger partial charge in [-0.15, -0.1) is 5.10 Å². The molecule has 1 amide bonds. The molecular weight excluding hydrogens is 312 g/mol. The quantitative estimate of drug-likeness (QED) is 0.507. The molecule has 2 heterocycles. The number of nitrogens with one attached hydrogen (secondary N) is 2. The van der Waals surface area contributed by atoms with Crippen LogP contribution in [0.4, 0.5) is 0 Å². The number of carbonyl (C=O) groups excluding carboxylic acids is 1. The first-order chi connectivity index (χ1) is 11.2. The molecule has 0 unspecified atom stereocenters. The van der Waals surface area contributed by atoms with E-state index in [1.54, 1.807) is 11.7 Å². The van der Waals surface area contributed by atoms with Gasteiger partial charge in [0.1, 0.15) is 0 Å². The molecule has 7 nitrogen and oxygen atoms in total. The van der Waals surface area contributed by atoms with E-state index in [0.29, 0.717) is 13.0 Å². The maximum Gasteiger partial charge on any atom is 0.220 e. The lowest BCUT2D eigenvalue weighted by atomic mass is 10.1. The first kappa shape index (κ1) is 15.5. The Labute approximate surface area is 137 Å². The number of tetrazole rings is 1. The number of hydrogen-bond donors (Lipinski definition) is 2. The van der Waals surface area contributed by atoms with Crippen molar-refractivity contribution >= 4 is 28.6 Å². The molecule has 1 aromatic carbocycles. The second kappa shape index (κ2) is 7.28. The number of H-pyrrole nitrogens is 1. The van der Waals surface area contributed by atoms with Gasteiger partial charge in [-0.05, 0) is 28.5 Å². The van der Waals surface area contributed by atoms with Gasteiger partial charge in [-0.2, -0.15) is 0 Å². The lowest BCUT2D eigenvalue weighted by Crippen LogP contribution is -2.26. The van der Waals surface area contributed by atoms with E-state index >= 15 is 0 Å². The summed E-state index contributed by atoms with van der Waals surface area (Å²) < 4.78 is 1.61. The van der Waals surface area contributed by atoms with E-state index < -0.39 is 0 Å². The highest BCUT2D eigenvalue weighted by atomic mass is 32.2. The van der Waals surface area contributed by atoms with E-state index in [1.165, 1.54) is 22.7 Å². The Hall–Kier alpha value is -2.35. The molecule has 3 aromatic rings. The van der Waals surface area contributed by atoms with E-state index in [1.807, 2.05) is 24.4 Å². The van der Waals surface area contributed by atoms with Crippen LogP contribution >= 0.6 is 11.8 Å². The van der Waals surface area contributed by atoms with Gasteiger partial charge in [-0.1, -0.05) is 30.0 Å². The SMILES string of the molecule is Cn1nnnc1SCCNC(=O)CCc1c[nH]c2ccccc12. The third-order valence-electron chi connectivity index (χ3n) is 3.53. The minimum atomic E-state index is 0.0620. The van der Waals surface area contributed by atoms with Crippen LogP contribution in [0.3, 0.4) is 0 Å². The van der Waals surface area contributed by atoms with Gasteiger partial charge >= 0.3 is 0 Å². The highest BCUT2D eigenvalue weighted by Crippen LogP contribution is 2.18. The maximum atomic E-state index is 11.9. The summed E-state index contributed by atoms with van der Waals surface area (Å²) >= 11 is 1.52. The van der Waals surface area contributed by atoms with Crippen LogP contribution in [-0.4, -0.2) is 43.4 Å². The maximum absolute atomic E-state index is 11.9. The van der Waals surface area contributed by atoms with Crippen LogP contribution in [0.15, 0.2) is 35.6 Å². The molecule has 0 aliphatic heterocycles. The van der Waals surface area contributed by atoms with E-state index in [2.05, 4.69) is 31.9 Å². The summed E-state index contributed by atoms with van der Waals surface area (Å²) in [6.07, 6.45) is 3.20. The third-order valence-corrected chi connectivity index (χ3v) is 4.55. The summed E-state index contributed by atoms with van der Waals surface area (Å²) in [5.41, 5.74) is 2.28. The predicted octanol–water partition coefficient (Wildman–Crippen LogP) is 1.53. The van der Waals surface area contributed by atoms with E-state index in [4.69, 9.17) is 0 Å². The molecule has 23 heavy (non-hydrogen) atoms. The van der Waals surface area contributed by atoms with Gasteiger partial charge in [-0.3, -0.25) is 4.79 Å². The number of aromatic nitrogens is 5. The van der Waals surface area contributed by atoms with Gasteiger partial charge in [0.2, 0.25) is 11.1 Å². The molecule has 2 aromatic heterocycles.